The third-order valence-corrected chi connectivity index (χ3v) is 5.15. The van der Waals surface area contributed by atoms with Crippen LogP contribution >= 0.6 is 0 Å². The molecule has 2 aromatic heterocycles. The van der Waals surface area contributed by atoms with Gasteiger partial charge in [0.2, 0.25) is 5.91 Å². The van der Waals surface area contributed by atoms with Gasteiger partial charge in [-0.2, -0.15) is 0 Å². The quantitative estimate of drug-likeness (QED) is 0.659. The van der Waals surface area contributed by atoms with E-state index in [-0.39, 0.29) is 36.3 Å². The molecule has 152 valence electrons. The van der Waals surface area contributed by atoms with E-state index in [0.717, 1.165) is 25.9 Å². The molecule has 2 amide bonds. The fourth-order valence-corrected chi connectivity index (χ4v) is 3.32. The molecule has 1 saturated heterocycles. The Labute approximate surface area is 165 Å². The van der Waals surface area contributed by atoms with Crippen LogP contribution in [0.15, 0.2) is 45.6 Å². The van der Waals surface area contributed by atoms with Crippen LogP contribution < -0.4 is 0 Å². The molecule has 0 unspecified atom stereocenters. The smallest absolute Gasteiger partial charge is 0.290 e. The van der Waals surface area contributed by atoms with Gasteiger partial charge in [-0.15, -0.1) is 0 Å². The molecule has 1 aliphatic rings. The van der Waals surface area contributed by atoms with Crippen LogP contribution in [0.25, 0.3) is 0 Å². The Morgan fingerprint density at radius 1 is 1.21 bits per heavy atom. The molecule has 2 atom stereocenters. The second kappa shape index (κ2) is 9.59. The lowest BCUT2D eigenvalue weighted by Crippen LogP contribution is -2.47. The third-order valence-electron chi connectivity index (χ3n) is 5.15. The van der Waals surface area contributed by atoms with Crippen molar-refractivity contribution >= 4 is 11.8 Å². The first kappa shape index (κ1) is 20.2. The fraction of sp³-hybridized carbons (Fsp3) is 0.524. The Balaban J connectivity index is 1.73. The molecule has 7 nitrogen and oxygen atoms in total. The molecule has 2 aromatic rings. The van der Waals surface area contributed by atoms with Gasteiger partial charge < -0.3 is 23.4 Å². The molecular weight excluding hydrogens is 360 g/mol. The summed E-state index contributed by atoms with van der Waals surface area (Å²) in [6.07, 6.45) is 5.76. The molecule has 1 fully saturated rings. The van der Waals surface area contributed by atoms with Crippen LogP contribution in [0, 0.1) is 0 Å². The highest BCUT2D eigenvalue weighted by Gasteiger charge is 2.29. The van der Waals surface area contributed by atoms with Gasteiger partial charge in [0.05, 0.1) is 25.2 Å². The van der Waals surface area contributed by atoms with E-state index in [4.69, 9.17) is 13.6 Å². The van der Waals surface area contributed by atoms with E-state index >= 15 is 0 Å². The molecule has 28 heavy (non-hydrogen) atoms. The van der Waals surface area contributed by atoms with Crippen LogP contribution in [0.5, 0.6) is 0 Å². The minimum Gasteiger partial charge on any atom is -0.467 e. The summed E-state index contributed by atoms with van der Waals surface area (Å²) in [5.41, 5.74) is 0. The zero-order valence-corrected chi connectivity index (χ0v) is 16.5. The van der Waals surface area contributed by atoms with E-state index in [2.05, 4.69) is 0 Å². The number of carbonyl (C=O) groups is 2. The number of furan rings is 2. The molecule has 0 saturated carbocycles. The zero-order valence-electron chi connectivity index (χ0n) is 16.5. The van der Waals surface area contributed by atoms with Crippen molar-refractivity contribution in [1.82, 2.24) is 9.80 Å². The van der Waals surface area contributed by atoms with Crippen molar-refractivity contribution in [1.29, 1.82) is 0 Å². The summed E-state index contributed by atoms with van der Waals surface area (Å²) in [5.74, 6) is 0.540. The highest BCUT2D eigenvalue weighted by Crippen LogP contribution is 2.17. The van der Waals surface area contributed by atoms with E-state index in [9.17, 15) is 9.59 Å². The number of amides is 2. The minimum atomic E-state index is -0.275. The predicted octanol–water partition coefficient (Wildman–Crippen LogP) is 3.32. The van der Waals surface area contributed by atoms with Gasteiger partial charge in [0, 0.05) is 19.2 Å². The predicted molar refractivity (Wildman–Crippen MR) is 103 cm³/mol. The third kappa shape index (κ3) is 5.04. The first-order valence-electron chi connectivity index (χ1n) is 9.84. The average Bonchev–Trinajstić information content (AvgIpc) is 3.47. The Kier molecular flexibility index (Phi) is 6.92. The van der Waals surface area contributed by atoms with Crippen LogP contribution in [0.4, 0.5) is 0 Å². The van der Waals surface area contributed by atoms with Gasteiger partial charge in [0.25, 0.3) is 5.91 Å². The van der Waals surface area contributed by atoms with Gasteiger partial charge in [-0.25, -0.2) is 0 Å². The van der Waals surface area contributed by atoms with Crippen molar-refractivity contribution in [2.75, 3.05) is 19.7 Å². The van der Waals surface area contributed by atoms with Crippen LogP contribution in [0.1, 0.15) is 49.4 Å². The lowest BCUT2D eigenvalue weighted by atomic mass is 10.2. The fourth-order valence-electron chi connectivity index (χ4n) is 3.32. The number of carbonyl (C=O) groups excluding carboxylic acids is 2. The first-order valence-corrected chi connectivity index (χ1v) is 9.84. The van der Waals surface area contributed by atoms with Gasteiger partial charge in [-0.1, -0.05) is 6.92 Å². The van der Waals surface area contributed by atoms with Gasteiger partial charge in [-0.3, -0.25) is 9.59 Å². The van der Waals surface area contributed by atoms with Crippen LogP contribution in [-0.2, 0) is 16.1 Å². The second-order valence-electron chi connectivity index (χ2n) is 7.16. The molecule has 0 radical (unpaired) electrons. The van der Waals surface area contributed by atoms with Gasteiger partial charge >= 0.3 is 0 Å². The summed E-state index contributed by atoms with van der Waals surface area (Å²) in [6.45, 7) is 5.48. The molecule has 0 bridgehead atoms. The lowest BCUT2D eigenvalue weighted by Gasteiger charge is -2.31. The first-order chi connectivity index (χ1) is 13.6. The normalized spacial score (nSPS) is 17.4. The minimum absolute atomic E-state index is 0.0119. The van der Waals surface area contributed by atoms with Crippen molar-refractivity contribution in [3.8, 4) is 0 Å². The maximum atomic E-state index is 13.2. The van der Waals surface area contributed by atoms with Crippen LogP contribution in [0.3, 0.4) is 0 Å². The molecule has 3 rings (SSSR count). The summed E-state index contributed by atoms with van der Waals surface area (Å²) in [7, 11) is 0. The number of hydrogen-bond acceptors (Lipinski definition) is 5. The van der Waals surface area contributed by atoms with E-state index in [0.29, 0.717) is 18.8 Å². The molecule has 0 aromatic carbocycles. The van der Waals surface area contributed by atoms with Gasteiger partial charge in [0.15, 0.2) is 5.76 Å². The lowest BCUT2D eigenvalue weighted by molar-refractivity contribution is -0.134. The van der Waals surface area contributed by atoms with E-state index in [1.54, 1.807) is 34.3 Å². The molecule has 7 heteroatoms. The zero-order chi connectivity index (χ0) is 19.9. The molecular formula is C21H28N2O5. The highest BCUT2D eigenvalue weighted by molar-refractivity contribution is 5.94. The van der Waals surface area contributed by atoms with Gasteiger partial charge in [-0.05, 0) is 50.5 Å². The van der Waals surface area contributed by atoms with Crippen LogP contribution in [-0.4, -0.2) is 53.5 Å². The average molecular weight is 388 g/mol. The largest absolute Gasteiger partial charge is 0.467 e. The number of ether oxygens (including phenoxy) is 1. The Morgan fingerprint density at radius 3 is 2.61 bits per heavy atom. The second-order valence-corrected chi connectivity index (χ2v) is 7.16. The Bertz CT molecular complexity index is 735. The molecule has 0 spiro atoms. The Hall–Kier alpha value is -2.54. The summed E-state index contributed by atoms with van der Waals surface area (Å²) in [4.78, 5) is 29.3. The highest BCUT2D eigenvalue weighted by atomic mass is 16.5. The molecule has 0 N–H and O–H groups in total. The Morgan fingerprint density at radius 2 is 2.00 bits per heavy atom. The SMILES string of the molecule is CC[C@H](C)N(CC(=O)N(Cc1ccco1)C[C@@H]1CCCO1)C(=O)c1ccco1. The van der Waals surface area contributed by atoms with E-state index in [1.165, 1.54) is 6.26 Å². The van der Waals surface area contributed by atoms with Crippen molar-refractivity contribution in [2.45, 2.75) is 51.8 Å². The monoisotopic (exact) mass is 388 g/mol. The van der Waals surface area contributed by atoms with Crippen molar-refractivity contribution in [3.63, 3.8) is 0 Å². The topological polar surface area (TPSA) is 76.1 Å². The van der Waals surface area contributed by atoms with Crippen molar-refractivity contribution in [2.24, 2.45) is 0 Å². The maximum absolute atomic E-state index is 13.2. The van der Waals surface area contributed by atoms with Crippen molar-refractivity contribution < 1.29 is 23.2 Å². The van der Waals surface area contributed by atoms with Crippen LogP contribution in [0.2, 0.25) is 0 Å². The summed E-state index contributed by atoms with van der Waals surface area (Å²) >= 11 is 0. The summed E-state index contributed by atoms with van der Waals surface area (Å²) < 4.78 is 16.4. The number of nitrogens with zero attached hydrogens (tertiary/aromatic N) is 2. The number of rotatable bonds is 9. The molecule has 0 aliphatic carbocycles. The summed E-state index contributed by atoms with van der Waals surface area (Å²) in [6, 6.07) is 6.85. The van der Waals surface area contributed by atoms with Crippen molar-refractivity contribution in [3.05, 3.63) is 48.3 Å². The van der Waals surface area contributed by atoms with E-state index in [1.807, 2.05) is 19.9 Å². The molecule has 1 aliphatic heterocycles. The van der Waals surface area contributed by atoms with Gasteiger partial charge in [0.1, 0.15) is 12.3 Å². The van der Waals surface area contributed by atoms with E-state index < -0.39 is 0 Å². The maximum Gasteiger partial charge on any atom is 0.290 e. The number of hydrogen-bond donors (Lipinski definition) is 0. The molecule has 3 heterocycles. The summed E-state index contributed by atoms with van der Waals surface area (Å²) in [5, 5.41) is 0. The standard InChI is InChI=1S/C21H28N2O5/c1-3-16(2)23(21(25)19-9-6-12-28-19)15-20(24)22(13-17-7-4-10-26-17)14-18-8-5-11-27-18/h4,6-7,9-10,12,16,18H,3,5,8,11,13-15H2,1-2H3/t16-,18-/m0/s1.